The van der Waals surface area contributed by atoms with Crippen molar-refractivity contribution in [3.05, 3.63) is 71.3 Å². The number of hydrogen-bond acceptors (Lipinski definition) is 2. The third-order valence-corrected chi connectivity index (χ3v) is 3.96. The number of carbonyl (C=O) groups is 1. The number of rotatable bonds is 1. The molecule has 2 aromatic rings. The van der Waals surface area contributed by atoms with E-state index in [1.54, 1.807) is 0 Å². The minimum absolute atomic E-state index is 0.234. The maximum Gasteiger partial charge on any atom is 0.325 e. The molecular weight excluding hydrogens is 292 g/mol. The molecule has 0 fully saturated rings. The second kappa shape index (κ2) is 4.58. The number of esters is 1. The molecule has 2 aromatic carbocycles. The van der Waals surface area contributed by atoms with E-state index in [1.807, 2.05) is 54.6 Å². The predicted octanol–water partition coefficient (Wildman–Crippen LogP) is 3.77. The van der Waals surface area contributed by atoms with E-state index in [-0.39, 0.29) is 16.9 Å². The van der Waals surface area contributed by atoms with E-state index < -0.39 is 0 Å². The Labute approximate surface area is 114 Å². The van der Waals surface area contributed by atoms with Crippen molar-refractivity contribution in [3.63, 3.8) is 0 Å². The van der Waals surface area contributed by atoms with Crippen LogP contribution in [0, 0.1) is 0 Å². The fraction of sp³-hybridized carbons (Fsp3) is 0.133. The normalized spacial score (nSPS) is 22.2. The largest absolute Gasteiger partial charge is 0.451 e. The van der Waals surface area contributed by atoms with E-state index in [0.29, 0.717) is 0 Å². The number of alkyl halides is 1. The standard InChI is InChI=1S/C15H11BrO2/c16-13-11-8-4-5-9-12(11)14(18-15(13)17)10-6-2-1-3-7-10/h1-9,13-14H. The Balaban J connectivity index is 2.13. The molecule has 90 valence electrons. The summed E-state index contributed by atoms with van der Waals surface area (Å²) in [5, 5.41) is 0. The first-order valence-electron chi connectivity index (χ1n) is 5.75. The van der Waals surface area contributed by atoms with Crippen LogP contribution in [0.5, 0.6) is 0 Å². The van der Waals surface area contributed by atoms with Crippen LogP contribution in [0.25, 0.3) is 0 Å². The Kier molecular flexibility index (Phi) is 2.92. The number of fused-ring (bicyclic) bond motifs is 1. The Bertz CT molecular complexity index is 580. The Morgan fingerprint density at radius 1 is 0.889 bits per heavy atom. The topological polar surface area (TPSA) is 26.3 Å². The number of ether oxygens (including phenoxy) is 1. The van der Waals surface area contributed by atoms with Gasteiger partial charge in [-0.25, -0.2) is 0 Å². The van der Waals surface area contributed by atoms with Gasteiger partial charge in [-0.3, -0.25) is 4.79 Å². The number of halogens is 1. The van der Waals surface area contributed by atoms with Crippen molar-refractivity contribution < 1.29 is 9.53 Å². The summed E-state index contributed by atoms with van der Waals surface area (Å²) in [5.41, 5.74) is 3.03. The highest BCUT2D eigenvalue weighted by molar-refractivity contribution is 9.09. The second-order valence-corrected chi connectivity index (χ2v) is 5.13. The molecule has 0 bridgehead atoms. The molecule has 0 saturated carbocycles. The average molecular weight is 303 g/mol. The molecule has 2 nitrogen and oxygen atoms in total. The number of cyclic esters (lactones) is 1. The maximum atomic E-state index is 11.9. The molecule has 1 aliphatic rings. The van der Waals surface area contributed by atoms with Gasteiger partial charge in [0.2, 0.25) is 0 Å². The molecule has 0 radical (unpaired) electrons. The van der Waals surface area contributed by atoms with Crippen molar-refractivity contribution in [3.8, 4) is 0 Å². The monoisotopic (exact) mass is 302 g/mol. The van der Waals surface area contributed by atoms with Crippen LogP contribution in [0.15, 0.2) is 54.6 Å². The first-order chi connectivity index (χ1) is 8.77. The summed E-state index contributed by atoms with van der Waals surface area (Å²) in [6.45, 7) is 0. The lowest BCUT2D eigenvalue weighted by molar-refractivity contribution is -0.148. The van der Waals surface area contributed by atoms with Crippen LogP contribution in [0.2, 0.25) is 0 Å². The molecule has 0 amide bonds. The Morgan fingerprint density at radius 3 is 2.22 bits per heavy atom. The quantitative estimate of drug-likeness (QED) is 0.592. The summed E-state index contributed by atoms with van der Waals surface area (Å²) < 4.78 is 5.53. The van der Waals surface area contributed by atoms with E-state index in [9.17, 15) is 4.79 Å². The third-order valence-electron chi connectivity index (χ3n) is 3.09. The zero-order chi connectivity index (χ0) is 12.5. The van der Waals surface area contributed by atoms with Gasteiger partial charge in [0.1, 0.15) is 4.83 Å². The molecule has 3 rings (SSSR count). The van der Waals surface area contributed by atoms with Gasteiger partial charge >= 0.3 is 5.97 Å². The Hall–Kier alpha value is -1.61. The zero-order valence-corrected chi connectivity index (χ0v) is 11.1. The molecule has 0 aliphatic carbocycles. The summed E-state index contributed by atoms with van der Waals surface area (Å²) in [5.74, 6) is -0.234. The van der Waals surface area contributed by atoms with Gasteiger partial charge in [0.05, 0.1) is 0 Å². The first kappa shape index (κ1) is 11.5. The highest BCUT2D eigenvalue weighted by Gasteiger charge is 2.33. The number of carbonyl (C=O) groups excluding carboxylic acids is 1. The molecule has 2 unspecified atom stereocenters. The van der Waals surface area contributed by atoms with E-state index in [4.69, 9.17) is 4.74 Å². The first-order valence-corrected chi connectivity index (χ1v) is 6.67. The highest BCUT2D eigenvalue weighted by Crippen LogP contribution is 2.40. The van der Waals surface area contributed by atoms with Crippen LogP contribution in [-0.4, -0.2) is 5.97 Å². The van der Waals surface area contributed by atoms with Crippen LogP contribution in [0.4, 0.5) is 0 Å². The molecule has 0 saturated heterocycles. The molecule has 1 heterocycles. The smallest absolute Gasteiger partial charge is 0.325 e. The van der Waals surface area contributed by atoms with Crippen molar-refractivity contribution in [2.24, 2.45) is 0 Å². The SMILES string of the molecule is O=C1OC(c2ccccc2)c2ccccc2C1Br. The van der Waals surface area contributed by atoms with Gasteiger partial charge in [-0.15, -0.1) is 0 Å². The highest BCUT2D eigenvalue weighted by atomic mass is 79.9. The van der Waals surface area contributed by atoms with E-state index in [1.165, 1.54) is 0 Å². The zero-order valence-electron chi connectivity index (χ0n) is 9.55. The van der Waals surface area contributed by atoms with Crippen molar-refractivity contribution >= 4 is 21.9 Å². The minimum Gasteiger partial charge on any atom is -0.451 e. The van der Waals surface area contributed by atoms with Gasteiger partial charge in [0.15, 0.2) is 6.10 Å². The van der Waals surface area contributed by atoms with Crippen LogP contribution in [-0.2, 0) is 9.53 Å². The molecule has 2 atom stereocenters. The van der Waals surface area contributed by atoms with E-state index >= 15 is 0 Å². The molecule has 0 N–H and O–H groups in total. The average Bonchev–Trinajstić information content (AvgIpc) is 2.44. The molecule has 3 heteroatoms. The van der Waals surface area contributed by atoms with Gasteiger partial charge < -0.3 is 4.74 Å². The molecule has 18 heavy (non-hydrogen) atoms. The van der Waals surface area contributed by atoms with Crippen LogP contribution >= 0.6 is 15.9 Å². The molecule has 1 aliphatic heterocycles. The molecule has 0 spiro atoms. The lowest BCUT2D eigenvalue weighted by atomic mass is 9.93. The lowest BCUT2D eigenvalue weighted by Gasteiger charge is -2.28. The number of hydrogen-bond donors (Lipinski definition) is 0. The fourth-order valence-corrected chi connectivity index (χ4v) is 2.75. The summed E-state index contributed by atoms with van der Waals surface area (Å²) in [7, 11) is 0. The lowest BCUT2D eigenvalue weighted by Crippen LogP contribution is -2.24. The van der Waals surface area contributed by atoms with Gasteiger partial charge in [0, 0.05) is 5.56 Å². The van der Waals surface area contributed by atoms with Gasteiger partial charge in [0.25, 0.3) is 0 Å². The second-order valence-electron chi connectivity index (χ2n) is 4.22. The van der Waals surface area contributed by atoms with Crippen LogP contribution in [0.1, 0.15) is 27.6 Å². The van der Waals surface area contributed by atoms with Gasteiger partial charge in [-0.2, -0.15) is 0 Å². The van der Waals surface area contributed by atoms with Gasteiger partial charge in [-0.05, 0) is 11.1 Å². The summed E-state index contributed by atoms with van der Waals surface area (Å²) in [6.07, 6.45) is -0.302. The fourth-order valence-electron chi connectivity index (χ4n) is 2.22. The molecular formula is C15H11BrO2. The van der Waals surface area contributed by atoms with Crippen molar-refractivity contribution in [1.29, 1.82) is 0 Å². The molecule has 0 aromatic heterocycles. The van der Waals surface area contributed by atoms with Crippen LogP contribution < -0.4 is 0 Å². The Morgan fingerprint density at radius 2 is 1.50 bits per heavy atom. The third kappa shape index (κ3) is 1.85. The van der Waals surface area contributed by atoms with Crippen molar-refractivity contribution in [1.82, 2.24) is 0 Å². The van der Waals surface area contributed by atoms with E-state index in [2.05, 4.69) is 15.9 Å². The van der Waals surface area contributed by atoms with Crippen molar-refractivity contribution in [2.45, 2.75) is 10.9 Å². The van der Waals surface area contributed by atoms with Crippen LogP contribution in [0.3, 0.4) is 0 Å². The predicted molar refractivity (Wildman–Crippen MR) is 72.5 cm³/mol. The van der Waals surface area contributed by atoms with Crippen molar-refractivity contribution in [2.75, 3.05) is 0 Å². The summed E-state index contributed by atoms with van der Waals surface area (Å²) in [6, 6.07) is 17.7. The minimum atomic E-state index is -0.367. The van der Waals surface area contributed by atoms with Gasteiger partial charge in [-0.1, -0.05) is 70.5 Å². The maximum absolute atomic E-state index is 11.9. The summed E-state index contributed by atoms with van der Waals surface area (Å²) >= 11 is 3.38. The summed E-state index contributed by atoms with van der Waals surface area (Å²) in [4.78, 5) is 11.5. The number of benzene rings is 2. The van der Waals surface area contributed by atoms with E-state index in [0.717, 1.165) is 16.7 Å².